The normalized spacial score (nSPS) is 20.9. The average Bonchev–Trinajstić information content (AvgIpc) is 2.67. The van der Waals surface area contributed by atoms with E-state index in [9.17, 15) is 13.2 Å². The van der Waals surface area contributed by atoms with E-state index >= 15 is 0 Å². The van der Waals surface area contributed by atoms with E-state index in [1.807, 2.05) is 35.2 Å². The highest BCUT2D eigenvalue weighted by atomic mass is 32.2. The Balaban J connectivity index is 1.56. The molecular formula is C19H26N2O3S. The SMILES string of the molecule is O=C(C1CCCCC1)N1CCN(S(=O)(=O)C=Cc2ccccc2)CC1. The summed E-state index contributed by atoms with van der Waals surface area (Å²) in [6.45, 7) is 1.74. The second kappa shape index (κ2) is 8.15. The number of hydrogen-bond donors (Lipinski definition) is 0. The molecule has 1 amide bonds. The summed E-state index contributed by atoms with van der Waals surface area (Å²) in [4.78, 5) is 14.4. The molecule has 1 saturated heterocycles. The molecule has 1 heterocycles. The average molecular weight is 362 g/mol. The number of rotatable bonds is 4. The van der Waals surface area contributed by atoms with Gasteiger partial charge in [0.1, 0.15) is 0 Å². The van der Waals surface area contributed by atoms with Crippen molar-refractivity contribution in [3.63, 3.8) is 0 Å². The van der Waals surface area contributed by atoms with Crippen molar-refractivity contribution >= 4 is 22.0 Å². The minimum atomic E-state index is -3.44. The molecule has 1 aromatic carbocycles. The Labute approximate surface area is 150 Å². The van der Waals surface area contributed by atoms with Gasteiger partial charge in [0, 0.05) is 37.5 Å². The summed E-state index contributed by atoms with van der Waals surface area (Å²) in [5, 5.41) is 1.26. The van der Waals surface area contributed by atoms with E-state index in [1.165, 1.54) is 16.1 Å². The van der Waals surface area contributed by atoms with Gasteiger partial charge in [-0.3, -0.25) is 4.79 Å². The number of benzene rings is 1. The first kappa shape index (κ1) is 18.1. The molecule has 0 unspecified atom stereocenters. The molecule has 6 heteroatoms. The predicted molar refractivity (Wildman–Crippen MR) is 99.1 cm³/mol. The lowest BCUT2D eigenvalue weighted by Gasteiger charge is -2.36. The molecule has 1 aliphatic heterocycles. The van der Waals surface area contributed by atoms with Crippen LogP contribution in [0.1, 0.15) is 37.7 Å². The van der Waals surface area contributed by atoms with Gasteiger partial charge in [0.15, 0.2) is 0 Å². The maximum absolute atomic E-state index is 12.6. The predicted octanol–water partition coefficient (Wildman–Crippen LogP) is 2.71. The first-order valence-corrected chi connectivity index (χ1v) is 10.6. The zero-order valence-electron chi connectivity index (χ0n) is 14.5. The van der Waals surface area contributed by atoms with Crippen LogP contribution >= 0.6 is 0 Å². The van der Waals surface area contributed by atoms with Crippen LogP contribution in [0, 0.1) is 5.92 Å². The van der Waals surface area contributed by atoms with Crippen LogP contribution < -0.4 is 0 Å². The molecule has 136 valence electrons. The number of carbonyl (C=O) groups excluding carboxylic acids is 1. The first-order valence-electron chi connectivity index (χ1n) is 9.08. The zero-order valence-corrected chi connectivity index (χ0v) is 15.3. The van der Waals surface area contributed by atoms with Crippen molar-refractivity contribution in [3.8, 4) is 0 Å². The summed E-state index contributed by atoms with van der Waals surface area (Å²) in [5.74, 6) is 0.367. The van der Waals surface area contributed by atoms with E-state index in [0.29, 0.717) is 26.2 Å². The molecule has 3 rings (SSSR count). The summed E-state index contributed by atoms with van der Waals surface area (Å²) >= 11 is 0. The Kier molecular flexibility index (Phi) is 5.91. The van der Waals surface area contributed by atoms with Gasteiger partial charge in [0.2, 0.25) is 15.9 Å². The molecule has 2 fully saturated rings. The number of carbonyl (C=O) groups is 1. The second-order valence-corrected chi connectivity index (χ2v) is 8.64. The van der Waals surface area contributed by atoms with Gasteiger partial charge in [-0.05, 0) is 24.5 Å². The number of amides is 1. The summed E-state index contributed by atoms with van der Waals surface area (Å²) in [7, 11) is -3.44. The van der Waals surface area contributed by atoms with Gasteiger partial charge < -0.3 is 4.90 Å². The van der Waals surface area contributed by atoms with Crippen LogP contribution in [0.15, 0.2) is 35.7 Å². The molecule has 0 bridgehead atoms. The van der Waals surface area contributed by atoms with E-state index in [-0.39, 0.29) is 11.8 Å². The molecular weight excluding hydrogens is 336 g/mol. The number of nitrogens with zero attached hydrogens (tertiary/aromatic N) is 2. The molecule has 25 heavy (non-hydrogen) atoms. The van der Waals surface area contributed by atoms with Gasteiger partial charge >= 0.3 is 0 Å². The summed E-state index contributed by atoms with van der Waals surface area (Å²) in [5.41, 5.74) is 0.859. The van der Waals surface area contributed by atoms with Crippen LogP contribution in [0.25, 0.3) is 6.08 Å². The van der Waals surface area contributed by atoms with E-state index in [0.717, 1.165) is 31.2 Å². The van der Waals surface area contributed by atoms with Gasteiger partial charge in [-0.15, -0.1) is 0 Å². The highest BCUT2D eigenvalue weighted by Crippen LogP contribution is 2.26. The number of piperazine rings is 1. The van der Waals surface area contributed by atoms with Crippen molar-refractivity contribution in [1.82, 2.24) is 9.21 Å². The molecule has 0 radical (unpaired) electrons. The van der Waals surface area contributed by atoms with Crippen molar-refractivity contribution in [3.05, 3.63) is 41.3 Å². The second-order valence-electron chi connectivity index (χ2n) is 6.82. The Morgan fingerprint density at radius 1 is 0.960 bits per heavy atom. The molecule has 1 aromatic rings. The molecule has 1 saturated carbocycles. The van der Waals surface area contributed by atoms with Crippen molar-refractivity contribution < 1.29 is 13.2 Å². The van der Waals surface area contributed by atoms with Gasteiger partial charge in [-0.1, -0.05) is 49.6 Å². The standard InChI is InChI=1S/C19H26N2O3S/c22-19(18-9-5-2-6-10-18)20-12-14-21(15-13-20)25(23,24)16-11-17-7-3-1-4-8-17/h1,3-4,7-8,11,16,18H,2,5-6,9-10,12-15H2. The zero-order chi connectivity index (χ0) is 17.7. The van der Waals surface area contributed by atoms with Crippen LogP contribution in [0.4, 0.5) is 0 Å². The van der Waals surface area contributed by atoms with Gasteiger partial charge in [-0.25, -0.2) is 8.42 Å². The molecule has 5 nitrogen and oxygen atoms in total. The van der Waals surface area contributed by atoms with Crippen molar-refractivity contribution in [1.29, 1.82) is 0 Å². The largest absolute Gasteiger partial charge is 0.340 e. The van der Waals surface area contributed by atoms with Crippen molar-refractivity contribution in [2.24, 2.45) is 5.92 Å². The summed E-state index contributed by atoms with van der Waals surface area (Å²) < 4.78 is 26.4. The van der Waals surface area contributed by atoms with Crippen LogP contribution in [-0.4, -0.2) is 49.7 Å². The smallest absolute Gasteiger partial charge is 0.236 e. The Morgan fingerprint density at radius 2 is 1.60 bits per heavy atom. The molecule has 0 atom stereocenters. The monoisotopic (exact) mass is 362 g/mol. The van der Waals surface area contributed by atoms with Gasteiger partial charge in [0.25, 0.3) is 0 Å². The maximum atomic E-state index is 12.6. The van der Waals surface area contributed by atoms with Crippen molar-refractivity contribution in [2.45, 2.75) is 32.1 Å². The Bertz CT molecular complexity index is 701. The lowest BCUT2D eigenvalue weighted by molar-refractivity contribution is -0.137. The third-order valence-electron chi connectivity index (χ3n) is 5.10. The molecule has 2 aliphatic rings. The fourth-order valence-corrected chi connectivity index (χ4v) is 4.76. The number of sulfonamides is 1. The van der Waals surface area contributed by atoms with Gasteiger partial charge in [-0.2, -0.15) is 4.31 Å². The van der Waals surface area contributed by atoms with Crippen LogP contribution in [0.2, 0.25) is 0 Å². The maximum Gasteiger partial charge on any atom is 0.236 e. The molecule has 1 aliphatic carbocycles. The first-order chi connectivity index (χ1) is 12.1. The highest BCUT2D eigenvalue weighted by Gasteiger charge is 2.31. The lowest BCUT2D eigenvalue weighted by atomic mass is 9.88. The minimum Gasteiger partial charge on any atom is -0.340 e. The lowest BCUT2D eigenvalue weighted by Crippen LogP contribution is -2.51. The van der Waals surface area contributed by atoms with E-state index in [1.54, 1.807) is 6.08 Å². The summed E-state index contributed by atoms with van der Waals surface area (Å²) in [6.07, 6.45) is 7.08. The Hall–Kier alpha value is -1.66. The fourth-order valence-electron chi connectivity index (χ4n) is 3.59. The quantitative estimate of drug-likeness (QED) is 0.827. The van der Waals surface area contributed by atoms with Gasteiger partial charge in [0.05, 0.1) is 0 Å². The van der Waals surface area contributed by atoms with Crippen LogP contribution in [0.3, 0.4) is 0 Å². The fraction of sp³-hybridized carbons (Fsp3) is 0.526. The van der Waals surface area contributed by atoms with E-state index in [4.69, 9.17) is 0 Å². The highest BCUT2D eigenvalue weighted by molar-refractivity contribution is 7.92. The molecule has 0 aromatic heterocycles. The topological polar surface area (TPSA) is 57.7 Å². The minimum absolute atomic E-state index is 0.148. The van der Waals surface area contributed by atoms with Crippen molar-refractivity contribution in [2.75, 3.05) is 26.2 Å². The molecule has 0 N–H and O–H groups in total. The van der Waals surface area contributed by atoms with E-state index in [2.05, 4.69) is 0 Å². The summed E-state index contributed by atoms with van der Waals surface area (Å²) in [6, 6.07) is 9.39. The van der Waals surface area contributed by atoms with E-state index < -0.39 is 10.0 Å². The van der Waals surface area contributed by atoms with Crippen LogP contribution in [-0.2, 0) is 14.8 Å². The third-order valence-corrected chi connectivity index (χ3v) is 6.66. The molecule has 0 spiro atoms. The third kappa shape index (κ3) is 4.70. The van der Waals surface area contributed by atoms with Crippen LogP contribution in [0.5, 0.6) is 0 Å². The number of hydrogen-bond acceptors (Lipinski definition) is 3. The Morgan fingerprint density at radius 3 is 2.24 bits per heavy atom.